The maximum Gasteiger partial charge on any atom is 0.325 e. The fraction of sp³-hybridized carbons (Fsp3) is 0.600. The maximum absolute atomic E-state index is 11.0. The second-order valence-electron chi connectivity index (χ2n) is 12.2. The van der Waals surface area contributed by atoms with Gasteiger partial charge in [-0.05, 0) is 73.6 Å². The molecule has 0 aliphatic rings. The van der Waals surface area contributed by atoms with E-state index in [1.54, 1.807) is 0 Å². The Hall–Kier alpha value is -0.400. The third kappa shape index (κ3) is 14.8. The summed E-state index contributed by atoms with van der Waals surface area (Å²) in [6.07, 6.45) is 0.509. The molecule has 41 heavy (non-hydrogen) atoms. The van der Waals surface area contributed by atoms with Crippen LogP contribution in [0.2, 0.25) is 0 Å². The number of hydrogen-bond donors (Lipinski definition) is 4. The van der Waals surface area contributed by atoms with Crippen LogP contribution in [0.1, 0.15) is 88.8 Å². The Bertz CT molecular complexity index is 1120. The Balaban J connectivity index is 0.000000762. The van der Waals surface area contributed by atoms with Crippen molar-refractivity contribution in [1.29, 1.82) is 0 Å². The molecule has 0 aromatic heterocycles. The zero-order valence-electron chi connectivity index (χ0n) is 26.6. The quantitative estimate of drug-likeness (QED) is 0.172. The van der Waals surface area contributed by atoms with Gasteiger partial charge >= 0.3 is 15.2 Å². The van der Waals surface area contributed by atoms with Crippen molar-refractivity contribution < 1.29 is 38.2 Å². The van der Waals surface area contributed by atoms with Gasteiger partial charge in [0.05, 0.1) is 25.5 Å². The van der Waals surface area contributed by atoms with Gasteiger partial charge in [0.2, 0.25) is 0 Å². The van der Waals surface area contributed by atoms with Gasteiger partial charge in [-0.1, -0.05) is 65.8 Å². The minimum Gasteiger partial charge on any atom is -0.493 e. The van der Waals surface area contributed by atoms with Crippen molar-refractivity contribution in [2.45, 2.75) is 92.9 Å². The topological polar surface area (TPSA) is 134 Å². The molecule has 0 amide bonds. The first-order valence-electron chi connectivity index (χ1n) is 13.7. The van der Waals surface area contributed by atoms with E-state index in [1.165, 1.54) is 0 Å². The minimum absolute atomic E-state index is 0. The number of hydrogen-bond acceptors (Lipinski definition) is 4. The van der Waals surface area contributed by atoms with E-state index in [4.69, 9.17) is 29.0 Å². The summed E-state index contributed by atoms with van der Waals surface area (Å²) in [5.74, 6) is 1.78. The summed E-state index contributed by atoms with van der Waals surface area (Å²) in [7, 11) is -7.92. The van der Waals surface area contributed by atoms with E-state index in [2.05, 4.69) is 41.5 Å². The van der Waals surface area contributed by atoms with Crippen LogP contribution in [0.4, 0.5) is 0 Å². The molecule has 0 spiro atoms. The van der Waals surface area contributed by atoms with E-state index < -0.39 is 15.2 Å². The molecule has 2 rings (SSSR count). The van der Waals surface area contributed by atoms with Gasteiger partial charge in [0.25, 0.3) is 0 Å². The predicted molar refractivity (Wildman–Crippen MR) is 169 cm³/mol. The van der Waals surface area contributed by atoms with Crippen molar-refractivity contribution in [2.75, 3.05) is 25.5 Å². The largest absolute Gasteiger partial charge is 0.493 e. The van der Waals surface area contributed by atoms with Crippen molar-refractivity contribution in [3.05, 3.63) is 57.6 Å². The third-order valence-corrected chi connectivity index (χ3v) is 7.86. The Labute approximate surface area is 277 Å². The zero-order chi connectivity index (χ0) is 31.1. The molecular formula is C30H50CaO8P2. The van der Waals surface area contributed by atoms with Gasteiger partial charge in [0.1, 0.15) is 11.5 Å². The summed E-state index contributed by atoms with van der Waals surface area (Å²) in [4.78, 5) is 36.0. The van der Waals surface area contributed by atoms with Gasteiger partial charge in [-0.15, -0.1) is 0 Å². The second kappa shape index (κ2) is 16.6. The van der Waals surface area contributed by atoms with Gasteiger partial charge in [-0.3, -0.25) is 9.13 Å². The van der Waals surface area contributed by atoms with Crippen LogP contribution in [0.25, 0.3) is 0 Å². The Morgan fingerprint density at radius 1 is 0.634 bits per heavy atom. The van der Waals surface area contributed by atoms with Crippen molar-refractivity contribution in [1.82, 2.24) is 0 Å². The molecule has 0 atom stereocenters. The molecule has 4 N–H and O–H groups in total. The van der Waals surface area contributed by atoms with Crippen LogP contribution in [-0.4, -0.2) is 82.8 Å². The summed E-state index contributed by atoms with van der Waals surface area (Å²) >= 11 is 0. The van der Waals surface area contributed by atoms with Crippen LogP contribution in [0.3, 0.4) is 0 Å². The smallest absolute Gasteiger partial charge is 0.325 e. The molecular weight excluding hydrogens is 590 g/mol. The van der Waals surface area contributed by atoms with E-state index in [0.29, 0.717) is 26.1 Å². The van der Waals surface area contributed by atoms with E-state index >= 15 is 0 Å². The van der Waals surface area contributed by atoms with Crippen molar-refractivity contribution in [3.8, 4) is 11.5 Å². The maximum atomic E-state index is 11.0. The molecule has 2 aromatic carbocycles. The van der Waals surface area contributed by atoms with E-state index in [0.717, 1.165) is 44.9 Å². The van der Waals surface area contributed by atoms with Crippen LogP contribution in [-0.2, 0) is 32.8 Å². The standard InChI is InChI=1S/2C15H25O4P.Ca/c2*1-6-19-14-11(2)9-12(7-8-20(16,17)18)10-13(14)15(3,4)5;/h2*9-10H,6-8H2,1-5H3,(H2,16,17,18);. The van der Waals surface area contributed by atoms with Gasteiger partial charge in [0.15, 0.2) is 0 Å². The first kappa shape index (κ1) is 40.6. The Morgan fingerprint density at radius 2 is 0.927 bits per heavy atom. The fourth-order valence-corrected chi connectivity index (χ4v) is 5.42. The monoisotopic (exact) mass is 640 g/mol. The molecule has 0 heterocycles. The molecule has 0 unspecified atom stereocenters. The number of aryl methyl sites for hydroxylation is 4. The molecule has 2 radical (unpaired) electrons. The first-order chi connectivity index (χ1) is 18.1. The van der Waals surface area contributed by atoms with Gasteiger partial charge in [-0.2, -0.15) is 0 Å². The summed E-state index contributed by atoms with van der Waals surface area (Å²) in [5, 5.41) is 0. The summed E-state index contributed by atoms with van der Waals surface area (Å²) < 4.78 is 33.5. The number of ether oxygens (including phenoxy) is 2. The molecule has 230 valence electrons. The number of benzene rings is 2. The third-order valence-electron chi connectivity index (χ3n) is 6.25. The summed E-state index contributed by atoms with van der Waals surface area (Å²) in [5.41, 5.74) is 5.93. The Kier molecular flexibility index (Phi) is 16.4. The normalized spacial score (nSPS) is 12.2. The molecule has 0 saturated carbocycles. The molecule has 0 fully saturated rings. The SMILES string of the molecule is CCOc1c(C)cc(CCP(=O)(O)O)cc1C(C)(C)C.CCOc1c(C)cc(CCP(=O)(O)O)cc1C(C)(C)C.[Ca]. The Morgan fingerprint density at radius 3 is 1.15 bits per heavy atom. The average molecular weight is 641 g/mol. The zero-order valence-corrected chi connectivity index (χ0v) is 30.6. The van der Waals surface area contributed by atoms with Crippen LogP contribution in [0, 0.1) is 13.8 Å². The fourth-order valence-electron chi connectivity index (χ4n) is 4.32. The van der Waals surface area contributed by atoms with Crippen molar-refractivity contribution in [2.24, 2.45) is 0 Å². The molecule has 2 aromatic rings. The molecule has 0 aliphatic carbocycles. The molecule has 0 saturated heterocycles. The average Bonchev–Trinajstić information content (AvgIpc) is 2.77. The van der Waals surface area contributed by atoms with E-state index in [1.807, 2.05) is 52.0 Å². The van der Waals surface area contributed by atoms with Gasteiger partial charge in [-0.25, -0.2) is 0 Å². The predicted octanol–water partition coefficient (Wildman–Crippen LogP) is 6.44. The summed E-state index contributed by atoms with van der Waals surface area (Å²) in [6, 6.07) is 7.92. The minimum atomic E-state index is -3.96. The second-order valence-corrected chi connectivity index (χ2v) is 15.8. The van der Waals surface area contributed by atoms with Crippen LogP contribution in [0.5, 0.6) is 11.5 Å². The number of rotatable bonds is 10. The van der Waals surface area contributed by atoms with Crippen LogP contribution >= 0.6 is 15.2 Å². The van der Waals surface area contributed by atoms with Crippen LogP contribution < -0.4 is 9.47 Å². The first-order valence-corrected chi connectivity index (χ1v) is 17.3. The van der Waals surface area contributed by atoms with Crippen molar-refractivity contribution in [3.63, 3.8) is 0 Å². The van der Waals surface area contributed by atoms with Crippen molar-refractivity contribution >= 4 is 52.9 Å². The molecule has 11 heteroatoms. The molecule has 0 aliphatic heterocycles. The van der Waals surface area contributed by atoms with Crippen LogP contribution in [0.15, 0.2) is 24.3 Å². The molecule has 8 nitrogen and oxygen atoms in total. The summed E-state index contributed by atoms with van der Waals surface area (Å²) in [6.45, 7) is 21.7. The van der Waals surface area contributed by atoms with E-state index in [-0.39, 0.29) is 60.9 Å². The van der Waals surface area contributed by atoms with Gasteiger partial charge in [0, 0.05) is 48.9 Å². The molecule has 0 bridgehead atoms. The van der Waals surface area contributed by atoms with Gasteiger partial charge < -0.3 is 29.0 Å². The van der Waals surface area contributed by atoms with E-state index in [9.17, 15) is 9.13 Å².